The first-order chi connectivity index (χ1) is 5.53. The highest BCUT2D eigenvalue weighted by Crippen LogP contribution is 2.64. The predicted octanol–water partition coefficient (Wildman–Crippen LogP) is 2.36. The first-order valence-electron chi connectivity index (χ1n) is 4.84. The number of aliphatic hydroxyl groups excluding tert-OH is 1. The van der Waals surface area contributed by atoms with Crippen LogP contribution in [-0.2, 0) is 0 Å². The maximum atomic E-state index is 9.38. The predicted molar refractivity (Wildman–Crippen MR) is 49.8 cm³/mol. The van der Waals surface area contributed by atoms with Crippen LogP contribution in [0.4, 0.5) is 0 Å². The van der Waals surface area contributed by atoms with Crippen LogP contribution in [0.25, 0.3) is 0 Å². The van der Waals surface area contributed by atoms with Crippen molar-refractivity contribution in [2.45, 2.75) is 33.1 Å². The van der Waals surface area contributed by atoms with Crippen molar-refractivity contribution in [2.24, 2.45) is 16.7 Å². The van der Waals surface area contributed by atoms with E-state index in [1.165, 1.54) is 18.4 Å². The first kappa shape index (κ1) is 8.31. The molecule has 0 radical (unpaired) electrons. The van der Waals surface area contributed by atoms with Crippen LogP contribution in [0.2, 0.25) is 0 Å². The van der Waals surface area contributed by atoms with Gasteiger partial charge in [-0.3, -0.25) is 0 Å². The van der Waals surface area contributed by atoms with Gasteiger partial charge < -0.3 is 5.11 Å². The molecule has 2 bridgehead atoms. The molecule has 0 spiro atoms. The minimum atomic E-state index is 0.105. The van der Waals surface area contributed by atoms with Crippen molar-refractivity contribution >= 4 is 0 Å². The molecular formula is C11H18O. The van der Waals surface area contributed by atoms with Crippen LogP contribution in [0.5, 0.6) is 0 Å². The zero-order valence-corrected chi connectivity index (χ0v) is 8.06. The molecule has 1 N–H and O–H groups in total. The van der Waals surface area contributed by atoms with Gasteiger partial charge in [-0.05, 0) is 30.6 Å². The molecule has 2 atom stereocenters. The minimum absolute atomic E-state index is 0.105. The molecule has 68 valence electrons. The maximum Gasteiger partial charge on any atom is 0.0524 e. The quantitative estimate of drug-likeness (QED) is 0.593. The summed E-state index contributed by atoms with van der Waals surface area (Å²) < 4.78 is 0. The zero-order valence-electron chi connectivity index (χ0n) is 8.06. The molecule has 1 heteroatoms. The summed E-state index contributed by atoms with van der Waals surface area (Å²) in [6, 6.07) is 0. The number of hydrogen-bond donors (Lipinski definition) is 1. The summed E-state index contributed by atoms with van der Waals surface area (Å²) in [4.78, 5) is 0. The Morgan fingerprint density at radius 3 is 2.58 bits per heavy atom. The van der Waals surface area contributed by atoms with Gasteiger partial charge in [-0.15, -0.1) is 0 Å². The van der Waals surface area contributed by atoms with Gasteiger partial charge in [0.1, 0.15) is 0 Å². The molecule has 12 heavy (non-hydrogen) atoms. The van der Waals surface area contributed by atoms with E-state index in [-0.39, 0.29) is 10.8 Å². The lowest BCUT2D eigenvalue weighted by atomic mass is 9.69. The van der Waals surface area contributed by atoms with E-state index < -0.39 is 0 Å². The molecule has 2 aliphatic carbocycles. The minimum Gasteiger partial charge on any atom is -0.395 e. The second kappa shape index (κ2) is 2.14. The highest BCUT2D eigenvalue weighted by atomic mass is 16.3. The smallest absolute Gasteiger partial charge is 0.0524 e. The molecule has 1 nitrogen and oxygen atoms in total. The van der Waals surface area contributed by atoms with Gasteiger partial charge in [-0.1, -0.05) is 26.0 Å². The number of rotatable bonds is 1. The number of aliphatic hydroxyl groups is 1. The van der Waals surface area contributed by atoms with Crippen molar-refractivity contribution in [1.82, 2.24) is 0 Å². The van der Waals surface area contributed by atoms with Gasteiger partial charge in [0.05, 0.1) is 6.61 Å². The molecule has 0 heterocycles. The lowest BCUT2D eigenvalue weighted by Crippen LogP contribution is -2.29. The summed E-state index contributed by atoms with van der Waals surface area (Å²) >= 11 is 0. The highest BCUT2D eigenvalue weighted by molar-refractivity contribution is 5.29. The average Bonchev–Trinajstić information content (AvgIpc) is 2.53. The molecule has 0 aromatic carbocycles. The third-order valence-corrected chi connectivity index (χ3v) is 4.35. The SMILES string of the molecule is C=C1C(C)(C)[C@@H]2CC[C@@]1(CO)C2. The number of fused-ring (bicyclic) bond motifs is 2. The van der Waals surface area contributed by atoms with Crippen LogP contribution >= 0.6 is 0 Å². The highest BCUT2D eigenvalue weighted by Gasteiger charge is 2.56. The van der Waals surface area contributed by atoms with Gasteiger partial charge in [-0.2, -0.15) is 0 Å². The Kier molecular flexibility index (Phi) is 1.48. The third kappa shape index (κ3) is 0.731. The van der Waals surface area contributed by atoms with Crippen molar-refractivity contribution in [3.05, 3.63) is 12.2 Å². The van der Waals surface area contributed by atoms with Crippen molar-refractivity contribution in [2.75, 3.05) is 6.61 Å². The van der Waals surface area contributed by atoms with E-state index >= 15 is 0 Å². The van der Waals surface area contributed by atoms with Crippen LogP contribution in [0.3, 0.4) is 0 Å². The van der Waals surface area contributed by atoms with Crippen molar-refractivity contribution in [3.8, 4) is 0 Å². The summed E-state index contributed by atoms with van der Waals surface area (Å²) in [5.74, 6) is 0.775. The summed E-state index contributed by atoms with van der Waals surface area (Å²) in [5, 5.41) is 9.38. The van der Waals surface area contributed by atoms with E-state index in [0.717, 1.165) is 12.3 Å². The number of hydrogen-bond acceptors (Lipinski definition) is 1. The van der Waals surface area contributed by atoms with E-state index in [9.17, 15) is 5.11 Å². The molecule has 2 aliphatic rings. The van der Waals surface area contributed by atoms with Crippen LogP contribution in [0, 0.1) is 16.7 Å². The summed E-state index contributed by atoms with van der Waals surface area (Å²) in [7, 11) is 0. The van der Waals surface area contributed by atoms with E-state index in [2.05, 4.69) is 20.4 Å². The van der Waals surface area contributed by atoms with Gasteiger partial charge >= 0.3 is 0 Å². The molecule has 0 amide bonds. The first-order valence-corrected chi connectivity index (χ1v) is 4.84. The fourth-order valence-corrected chi connectivity index (χ4v) is 3.19. The molecule has 0 aliphatic heterocycles. The topological polar surface area (TPSA) is 20.2 Å². The molecule has 2 fully saturated rings. The fourth-order valence-electron chi connectivity index (χ4n) is 3.19. The zero-order chi connectivity index (χ0) is 8.98. The second-order valence-electron chi connectivity index (χ2n) is 5.08. The fraction of sp³-hybridized carbons (Fsp3) is 0.818. The van der Waals surface area contributed by atoms with E-state index in [0.29, 0.717) is 6.61 Å². The van der Waals surface area contributed by atoms with Gasteiger partial charge in [0, 0.05) is 5.41 Å². The summed E-state index contributed by atoms with van der Waals surface area (Å²) in [5.41, 5.74) is 1.68. The van der Waals surface area contributed by atoms with Crippen LogP contribution in [0.1, 0.15) is 33.1 Å². The maximum absolute atomic E-state index is 9.38. The second-order valence-corrected chi connectivity index (χ2v) is 5.08. The van der Waals surface area contributed by atoms with Gasteiger partial charge in [0.25, 0.3) is 0 Å². The van der Waals surface area contributed by atoms with E-state index in [1.54, 1.807) is 0 Å². The molecular weight excluding hydrogens is 148 g/mol. The molecule has 0 aromatic heterocycles. The normalized spacial score (nSPS) is 43.9. The molecule has 0 aromatic rings. The van der Waals surface area contributed by atoms with Gasteiger partial charge in [0.15, 0.2) is 0 Å². The van der Waals surface area contributed by atoms with Crippen LogP contribution in [-0.4, -0.2) is 11.7 Å². The molecule has 0 unspecified atom stereocenters. The Balaban J connectivity index is 2.38. The summed E-state index contributed by atoms with van der Waals surface area (Å²) in [6.07, 6.45) is 3.62. The van der Waals surface area contributed by atoms with Crippen molar-refractivity contribution in [3.63, 3.8) is 0 Å². The van der Waals surface area contributed by atoms with Gasteiger partial charge in [0.2, 0.25) is 0 Å². The van der Waals surface area contributed by atoms with Crippen molar-refractivity contribution < 1.29 is 5.11 Å². The molecule has 2 saturated carbocycles. The van der Waals surface area contributed by atoms with Crippen molar-refractivity contribution in [1.29, 1.82) is 0 Å². The Labute approximate surface area is 74.5 Å². The third-order valence-electron chi connectivity index (χ3n) is 4.35. The Morgan fingerprint density at radius 1 is 1.58 bits per heavy atom. The molecule has 2 rings (SSSR count). The van der Waals surface area contributed by atoms with Gasteiger partial charge in [-0.25, -0.2) is 0 Å². The Hall–Kier alpha value is -0.300. The van der Waals surface area contributed by atoms with Crippen LogP contribution < -0.4 is 0 Å². The lowest BCUT2D eigenvalue weighted by molar-refractivity contribution is 0.159. The standard InChI is InChI=1S/C11H18O/c1-8-10(2,3)9-4-5-11(8,6-9)7-12/h9,12H,1,4-7H2,2-3H3/t9-,11+/m1/s1. The largest absolute Gasteiger partial charge is 0.395 e. The van der Waals surface area contributed by atoms with E-state index in [4.69, 9.17) is 0 Å². The van der Waals surface area contributed by atoms with E-state index in [1.807, 2.05) is 0 Å². The average molecular weight is 166 g/mol. The monoisotopic (exact) mass is 166 g/mol. The van der Waals surface area contributed by atoms with Crippen LogP contribution in [0.15, 0.2) is 12.2 Å². The Bertz CT molecular complexity index is 229. The summed E-state index contributed by atoms with van der Waals surface area (Å²) in [6.45, 7) is 9.03. The molecule has 0 saturated heterocycles. The Morgan fingerprint density at radius 2 is 2.25 bits per heavy atom. The lowest BCUT2D eigenvalue weighted by Gasteiger charge is -2.37.